The van der Waals surface area contributed by atoms with Crippen molar-refractivity contribution < 1.29 is 33.3 Å². The van der Waals surface area contributed by atoms with Gasteiger partial charge in [-0.3, -0.25) is 0 Å². The van der Waals surface area contributed by atoms with Gasteiger partial charge in [0.15, 0.2) is 0 Å². The largest absolute Gasteiger partial charge is 1.00 e. The summed E-state index contributed by atoms with van der Waals surface area (Å²) in [6, 6.07) is 10.2. The molecule has 1 aromatic rings. The first-order valence-corrected chi connectivity index (χ1v) is 5.49. The van der Waals surface area contributed by atoms with E-state index in [-0.39, 0.29) is 24.0 Å². The number of oxime groups is 1. The summed E-state index contributed by atoms with van der Waals surface area (Å²) < 4.78 is 0.926. The van der Waals surface area contributed by atoms with Crippen LogP contribution < -0.4 is 24.0 Å². The minimum absolute atomic E-state index is 0. The van der Waals surface area contributed by atoms with E-state index in [0.29, 0.717) is 0 Å². The van der Waals surface area contributed by atoms with Gasteiger partial charge in [-0.2, -0.15) is 0 Å². The van der Waals surface area contributed by atoms with Gasteiger partial charge in [0.1, 0.15) is 7.11 Å². The van der Waals surface area contributed by atoms with E-state index < -0.39 is 0 Å². The second-order valence-corrected chi connectivity index (χ2v) is 4.85. The number of benzene rings is 1. The van der Waals surface area contributed by atoms with E-state index in [1.807, 2.05) is 18.2 Å². The van der Waals surface area contributed by atoms with Crippen LogP contribution in [0.15, 0.2) is 35.5 Å². The standard InChI is InChI=1S/C13H21N2O.HI/c1-15(2,3)11-10-13(14-16-4)12-8-6-5-7-9-12;/h5-9H,10-11H2,1-4H3;1H/q+1;/p-1/b14-13-;. The third-order valence-corrected chi connectivity index (χ3v) is 2.33. The van der Waals surface area contributed by atoms with Crippen molar-refractivity contribution in [2.75, 3.05) is 34.8 Å². The molecule has 0 aliphatic carbocycles. The molecule has 0 radical (unpaired) electrons. The van der Waals surface area contributed by atoms with Gasteiger partial charge in [-0.15, -0.1) is 0 Å². The molecule has 0 amide bonds. The molecule has 0 saturated carbocycles. The van der Waals surface area contributed by atoms with Crippen molar-refractivity contribution >= 4 is 5.71 Å². The molecule has 0 aliphatic rings. The highest BCUT2D eigenvalue weighted by molar-refractivity contribution is 6.00. The summed E-state index contributed by atoms with van der Waals surface area (Å²) in [6.07, 6.45) is 0.918. The average Bonchev–Trinajstić information content (AvgIpc) is 2.24. The molecule has 0 aliphatic heterocycles. The molecule has 0 saturated heterocycles. The molecule has 3 nitrogen and oxygen atoms in total. The van der Waals surface area contributed by atoms with Crippen molar-refractivity contribution in [3.05, 3.63) is 35.9 Å². The molecule has 0 bridgehead atoms. The zero-order valence-electron chi connectivity index (χ0n) is 11.0. The molecule has 17 heavy (non-hydrogen) atoms. The minimum Gasteiger partial charge on any atom is -1.00 e. The maximum absolute atomic E-state index is 4.90. The van der Waals surface area contributed by atoms with Crippen molar-refractivity contribution in [1.29, 1.82) is 0 Å². The van der Waals surface area contributed by atoms with E-state index in [1.165, 1.54) is 0 Å². The Balaban J connectivity index is 0.00000256. The third kappa shape index (κ3) is 6.63. The first kappa shape index (κ1) is 16.4. The monoisotopic (exact) mass is 348 g/mol. The van der Waals surface area contributed by atoms with Crippen LogP contribution in [-0.4, -0.2) is 45.0 Å². The van der Waals surface area contributed by atoms with E-state index in [2.05, 4.69) is 38.4 Å². The van der Waals surface area contributed by atoms with Crippen LogP contribution in [0.5, 0.6) is 0 Å². The smallest absolute Gasteiger partial charge is 0.106 e. The Morgan fingerprint density at radius 3 is 2.24 bits per heavy atom. The van der Waals surface area contributed by atoms with Gasteiger partial charge in [-0.25, -0.2) is 0 Å². The summed E-state index contributed by atoms with van der Waals surface area (Å²) in [5.41, 5.74) is 2.15. The van der Waals surface area contributed by atoms with Gasteiger partial charge in [0.25, 0.3) is 0 Å². The number of rotatable bonds is 5. The number of hydrogen-bond acceptors (Lipinski definition) is 2. The van der Waals surface area contributed by atoms with Gasteiger partial charge in [-0.05, 0) is 5.56 Å². The zero-order valence-corrected chi connectivity index (χ0v) is 13.1. The second-order valence-electron chi connectivity index (χ2n) is 4.85. The van der Waals surface area contributed by atoms with E-state index >= 15 is 0 Å². The maximum Gasteiger partial charge on any atom is 0.106 e. The van der Waals surface area contributed by atoms with Crippen LogP contribution in [0.1, 0.15) is 12.0 Å². The third-order valence-electron chi connectivity index (χ3n) is 2.33. The Kier molecular flexibility index (Phi) is 7.38. The minimum atomic E-state index is 0. The van der Waals surface area contributed by atoms with Crippen LogP contribution in [0, 0.1) is 0 Å². The van der Waals surface area contributed by atoms with Crippen LogP contribution in [0.2, 0.25) is 0 Å². The van der Waals surface area contributed by atoms with Crippen molar-refractivity contribution in [3.63, 3.8) is 0 Å². The topological polar surface area (TPSA) is 21.6 Å². The summed E-state index contributed by atoms with van der Waals surface area (Å²) in [5, 5.41) is 4.10. The highest BCUT2D eigenvalue weighted by Gasteiger charge is 2.11. The molecule has 4 heteroatoms. The highest BCUT2D eigenvalue weighted by atomic mass is 127. The van der Waals surface area contributed by atoms with Crippen LogP contribution in [-0.2, 0) is 4.84 Å². The predicted octanol–water partition coefficient (Wildman–Crippen LogP) is -0.863. The van der Waals surface area contributed by atoms with Crippen molar-refractivity contribution in [3.8, 4) is 0 Å². The summed E-state index contributed by atoms with van der Waals surface area (Å²) in [7, 11) is 8.12. The molecule has 1 rings (SSSR count). The Morgan fingerprint density at radius 1 is 1.18 bits per heavy atom. The normalized spacial score (nSPS) is 11.9. The van der Waals surface area contributed by atoms with E-state index in [4.69, 9.17) is 4.84 Å². The maximum atomic E-state index is 4.90. The lowest BCUT2D eigenvalue weighted by molar-refractivity contribution is -0.869. The fourth-order valence-electron chi connectivity index (χ4n) is 1.42. The molecule has 0 atom stereocenters. The highest BCUT2D eigenvalue weighted by Crippen LogP contribution is 2.07. The molecule has 0 aromatic heterocycles. The lowest BCUT2D eigenvalue weighted by Crippen LogP contribution is -3.00. The Hall–Kier alpha value is -0.620. The molecular weight excluding hydrogens is 327 g/mol. The molecule has 96 valence electrons. The average molecular weight is 348 g/mol. The van der Waals surface area contributed by atoms with Crippen LogP contribution in [0.3, 0.4) is 0 Å². The summed E-state index contributed by atoms with van der Waals surface area (Å²) in [4.78, 5) is 4.90. The predicted molar refractivity (Wildman–Crippen MR) is 67.5 cm³/mol. The fourth-order valence-corrected chi connectivity index (χ4v) is 1.42. The molecule has 0 spiro atoms. The molecule has 0 unspecified atom stereocenters. The van der Waals surface area contributed by atoms with E-state index in [0.717, 1.165) is 28.7 Å². The van der Waals surface area contributed by atoms with Crippen LogP contribution in [0.25, 0.3) is 0 Å². The SMILES string of the molecule is CO/N=C(/CC[N+](C)(C)C)c1ccccc1.[I-]. The zero-order chi connectivity index (χ0) is 12.0. The van der Waals surface area contributed by atoms with Gasteiger partial charge in [-0.1, -0.05) is 35.5 Å². The summed E-state index contributed by atoms with van der Waals surface area (Å²) in [6.45, 7) is 1.04. The van der Waals surface area contributed by atoms with Crippen molar-refractivity contribution in [2.24, 2.45) is 5.16 Å². The van der Waals surface area contributed by atoms with Gasteiger partial charge in [0.2, 0.25) is 0 Å². The number of halogens is 1. The summed E-state index contributed by atoms with van der Waals surface area (Å²) >= 11 is 0. The Labute approximate surface area is 121 Å². The first-order valence-electron chi connectivity index (χ1n) is 5.49. The summed E-state index contributed by atoms with van der Waals surface area (Å²) in [5.74, 6) is 0. The molecular formula is C13H21IN2O. The lowest BCUT2D eigenvalue weighted by Gasteiger charge is -2.23. The number of quaternary nitrogens is 1. The van der Waals surface area contributed by atoms with Crippen molar-refractivity contribution in [2.45, 2.75) is 6.42 Å². The lowest BCUT2D eigenvalue weighted by atomic mass is 10.1. The molecule has 0 fully saturated rings. The van der Waals surface area contributed by atoms with Crippen molar-refractivity contribution in [1.82, 2.24) is 0 Å². The quantitative estimate of drug-likeness (QED) is 0.294. The molecule has 0 N–H and O–H groups in total. The van der Waals surface area contributed by atoms with Gasteiger partial charge >= 0.3 is 0 Å². The Morgan fingerprint density at radius 2 is 1.76 bits per heavy atom. The number of nitrogens with zero attached hydrogens (tertiary/aromatic N) is 2. The van der Waals surface area contributed by atoms with E-state index in [1.54, 1.807) is 7.11 Å². The van der Waals surface area contributed by atoms with Gasteiger partial charge < -0.3 is 33.3 Å². The molecule has 0 heterocycles. The second kappa shape index (κ2) is 7.66. The van der Waals surface area contributed by atoms with Crippen LogP contribution in [0.4, 0.5) is 0 Å². The first-order chi connectivity index (χ1) is 7.53. The molecule has 1 aromatic carbocycles. The van der Waals surface area contributed by atoms with Gasteiger partial charge in [0, 0.05) is 6.42 Å². The Bertz CT molecular complexity index is 344. The van der Waals surface area contributed by atoms with Crippen LogP contribution >= 0.6 is 0 Å². The number of hydrogen-bond donors (Lipinski definition) is 0. The fraction of sp³-hybridized carbons (Fsp3) is 0.462. The van der Waals surface area contributed by atoms with Gasteiger partial charge in [0.05, 0.1) is 33.4 Å². The van der Waals surface area contributed by atoms with E-state index in [9.17, 15) is 0 Å².